The highest BCUT2D eigenvalue weighted by Crippen LogP contribution is 2.01. The first-order valence-electron chi connectivity index (χ1n) is 5.64. The minimum absolute atomic E-state index is 0.275. The lowest BCUT2D eigenvalue weighted by Gasteiger charge is -2.05. The zero-order valence-corrected chi connectivity index (χ0v) is 10.0. The van der Waals surface area contributed by atoms with E-state index in [2.05, 4.69) is 4.98 Å². The molecule has 0 saturated heterocycles. The molecule has 2 aromatic rings. The van der Waals surface area contributed by atoms with Gasteiger partial charge in [-0.15, -0.1) is 0 Å². The predicted octanol–water partition coefficient (Wildman–Crippen LogP) is 1.12. The molecule has 1 N–H and O–H groups in total. The van der Waals surface area contributed by atoms with Crippen molar-refractivity contribution >= 4 is 6.08 Å². The first-order valence-corrected chi connectivity index (χ1v) is 5.64. The molecule has 5 nitrogen and oxygen atoms in total. The molecule has 0 amide bonds. The minimum Gasteiger partial charge on any atom is -0.296 e. The number of rotatable bonds is 3. The normalized spacial score (nSPS) is 10.5. The zero-order valence-electron chi connectivity index (χ0n) is 10.0. The van der Waals surface area contributed by atoms with E-state index in [4.69, 9.17) is 5.26 Å². The first-order chi connectivity index (χ1) is 9.20. The molecule has 5 heteroatoms. The lowest BCUT2D eigenvalue weighted by molar-refractivity contribution is 0.718. The highest BCUT2D eigenvalue weighted by molar-refractivity contribution is 5.49. The van der Waals surface area contributed by atoms with Crippen LogP contribution >= 0.6 is 0 Å². The fourth-order valence-electron chi connectivity index (χ4n) is 1.67. The van der Waals surface area contributed by atoms with Gasteiger partial charge < -0.3 is 0 Å². The van der Waals surface area contributed by atoms with E-state index in [1.165, 1.54) is 22.9 Å². The van der Waals surface area contributed by atoms with Crippen LogP contribution in [0.2, 0.25) is 0 Å². The third-order valence-corrected chi connectivity index (χ3v) is 2.57. The third-order valence-electron chi connectivity index (χ3n) is 2.57. The Morgan fingerprint density at radius 2 is 2.00 bits per heavy atom. The monoisotopic (exact) mass is 253 g/mol. The largest absolute Gasteiger partial charge is 0.328 e. The van der Waals surface area contributed by atoms with Crippen LogP contribution in [0.3, 0.4) is 0 Å². The van der Waals surface area contributed by atoms with E-state index < -0.39 is 11.2 Å². The Morgan fingerprint density at radius 1 is 1.26 bits per heavy atom. The van der Waals surface area contributed by atoms with Crippen molar-refractivity contribution in [1.82, 2.24) is 9.55 Å². The third kappa shape index (κ3) is 3.07. The van der Waals surface area contributed by atoms with Crippen molar-refractivity contribution in [2.24, 2.45) is 0 Å². The van der Waals surface area contributed by atoms with Crippen molar-refractivity contribution in [2.45, 2.75) is 6.54 Å². The smallest absolute Gasteiger partial charge is 0.296 e. The molecule has 2 rings (SSSR count). The molecule has 0 aliphatic carbocycles. The quantitative estimate of drug-likeness (QED) is 0.832. The fraction of sp³-hybridized carbons (Fsp3) is 0.0714. The number of hydrogen-bond acceptors (Lipinski definition) is 3. The lowest BCUT2D eigenvalue weighted by atomic mass is 10.2. The number of hydrogen-bond donors (Lipinski definition) is 1. The zero-order chi connectivity index (χ0) is 13.7. The molecule has 94 valence electrons. The molecule has 0 aliphatic rings. The van der Waals surface area contributed by atoms with Crippen LogP contribution in [0.15, 0.2) is 52.2 Å². The summed E-state index contributed by atoms with van der Waals surface area (Å²) in [4.78, 5) is 25.4. The van der Waals surface area contributed by atoms with Gasteiger partial charge in [0.05, 0.1) is 18.2 Å². The highest BCUT2D eigenvalue weighted by atomic mass is 16.2. The number of nitrogens with zero attached hydrogens (tertiary/aromatic N) is 2. The van der Waals surface area contributed by atoms with Gasteiger partial charge in [0.2, 0.25) is 0 Å². The van der Waals surface area contributed by atoms with E-state index in [1.807, 2.05) is 30.3 Å². The van der Waals surface area contributed by atoms with Crippen LogP contribution in [0.25, 0.3) is 6.08 Å². The lowest BCUT2D eigenvalue weighted by Crippen LogP contribution is -2.31. The Labute approximate surface area is 109 Å². The van der Waals surface area contributed by atoms with Crippen molar-refractivity contribution in [2.75, 3.05) is 0 Å². The average Bonchev–Trinajstić information content (AvgIpc) is 2.42. The molecule has 1 aromatic heterocycles. The van der Waals surface area contributed by atoms with Crippen LogP contribution in [-0.4, -0.2) is 9.55 Å². The summed E-state index contributed by atoms with van der Waals surface area (Å²) in [7, 11) is 0. The molecule has 0 saturated carbocycles. The van der Waals surface area contributed by atoms with E-state index in [1.54, 1.807) is 6.07 Å². The van der Waals surface area contributed by atoms with Gasteiger partial charge in [0, 0.05) is 12.3 Å². The predicted molar refractivity (Wildman–Crippen MR) is 71.5 cm³/mol. The molecule has 1 heterocycles. The summed E-state index contributed by atoms with van der Waals surface area (Å²) < 4.78 is 1.40. The van der Waals surface area contributed by atoms with Crippen molar-refractivity contribution in [3.8, 4) is 6.07 Å². The maximum absolute atomic E-state index is 11.7. The second-order valence-corrected chi connectivity index (χ2v) is 3.92. The molecule has 19 heavy (non-hydrogen) atoms. The van der Waals surface area contributed by atoms with Crippen LogP contribution in [0, 0.1) is 11.3 Å². The van der Waals surface area contributed by atoms with Crippen LogP contribution < -0.4 is 11.2 Å². The summed E-state index contributed by atoms with van der Waals surface area (Å²) >= 11 is 0. The number of aromatic nitrogens is 2. The summed E-state index contributed by atoms with van der Waals surface area (Å²) in [5.74, 6) is 0. The summed E-state index contributed by atoms with van der Waals surface area (Å²) in [6, 6.07) is 11.2. The maximum Gasteiger partial charge on any atom is 0.328 e. The molecule has 1 aromatic carbocycles. The van der Waals surface area contributed by atoms with E-state index in [-0.39, 0.29) is 5.56 Å². The number of H-pyrrole nitrogens is 1. The van der Waals surface area contributed by atoms with Gasteiger partial charge in [-0.25, -0.2) is 4.79 Å². The summed E-state index contributed by atoms with van der Waals surface area (Å²) in [6.07, 6.45) is 4.02. The second kappa shape index (κ2) is 5.65. The first kappa shape index (κ1) is 12.6. The van der Waals surface area contributed by atoms with E-state index in [0.717, 1.165) is 5.56 Å². The van der Waals surface area contributed by atoms with Crippen LogP contribution in [0.5, 0.6) is 0 Å². The van der Waals surface area contributed by atoms with Crippen molar-refractivity contribution in [1.29, 1.82) is 5.26 Å². The Balaban J connectivity index is 2.41. The Hall–Kier alpha value is -2.87. The number of benzene rings is 1. The average molecular weight is 253 g/mol. The minimum atomic E-state index is -0.499. The highest BCUT2D eigenvalue weighted by Gasteiger charge is 2.02. The van der Waals surface area contributed by atoms with Gasteiger partial charge in [-0.2, -0.15) is 5.26 Å². The number of allylic oxidation sites excluding steroid dienone is 1. The van der Waals surface area contributed by atoms with Crippen LogP contribution in [0.1, 0.15) is 11.1 Å². The van der Waals surface area contributed by atoms with Gasteiger partial charge in [0.15, 0.2) is 0 Å². The molecule has 0 radical (unpaired) electrons. The standard InChI is InChI=1S/C14H11N3O2/c15-8-4-7-12-10-17(14(19)16-13(12)18)9-11-5-2-1-3-6-11/h1-7,10H,9H2,(H,16,18,19)/b7-4+. The molecule has 0 spiro atoms. The van der Waals surface area contributed by atoms with Crippen LogP contribution in [0.4, 0.5) is 0 Å². The molecule has 0 aliphatic heterocycles. The van der Waals surface area contributed by atoms with Gasteiger partial charge in [-0.1, -0.05) is 30.3 Å². The SMILES string of the molecule is N#C/C=C/c1cn(Cc2ccccc2)c(=O)[nH]c1=O. The second-order valence-electron chi connectivity index (χ2n) is 3.92. The maximum atomic E-state index is 11.7. The molecular formula is C14H11N3O2. The van der Waals surface area contributed by atoms with Crippen LogP contribution in [-0.2, 0) is 6.54 Å². The summed E-state index contributed by atoms with van der Waals surface area (Å²) in [5.41, 5.74) is 0.257. The van der Waals surface area contributed by atoms with Crippen molar-refractivity contribution < 1.29 is 0 Å². The van der Waals surface area contributed by atoms with Crippen molar-refractivity contribution in [3.05, 3.63) is 74.6 Å². The van der Waals surface area contributed by atoms with E-state index in [0.29, 0.717) is 6.54 Å². The van der Waals surface area contributed by atoms with Gasteiger partial charge in [-0.3, -0.25) is 14.3 Å². The molecule has 0 atom stereocenters. The topological polar surface area (TPSA) is 78.7 Å². The molecule has 0 bridgehead atoms. The van der Waals surface area contributed by atoms with Crippen molar-refractivity contribution in [3.63, 3.8) is 0 Å². The number of nitrogens with one attached hydrogen (secondary N) is 1. The summed E-state index contributed by atoms with van der Waals surface area (Å²) in [6.45, 7) is 0.365. The Bertz CT molecular complexity index is 749. The Kier molecular flexibility index (Phi) is 3.74. The molecule has 0 fully saturated rings. The summed E-state index contributed by atoms with van der Waals surface area (Å²) in [5, 5.41) is 8.46. The van der Waals surface area contributed by atoms with Gasteiger partial charge in [0.1, 0.15) is 0 Å². The van der Waals surface area contributed by atoms with E-state index >= 15 is 0 Å². The number of nitriles is 1. The Morgan fingerprint density at radius 3 is 2.68 bits per heavy atom. The van der Waals surface area contributed by atoms with Gasteiger partial charge >= 0.3 is 5.69 Å². The fourth-order valence-corrected chi connectivity index (χ4v) is 1.67. The van der Waals surface area contributed by atoms with Gasteiger partial charge in [-0.05, 0) is 11.6 Å². The molecular weight excluding hydrogens is 242 g/mol. The van der Waals surface area contributed by atoms with Gasteiger partial charge in [0.25, 0.3) is 5.56 Å². The molecule has 0 unspecified atom stereocenters. The van der Waals surface area contributed by atoms with E-state index in [9.17, 15) is 9.59 Å². The number of aromatic amines is 1.